The highest BCUT2D eigenvalue weighted by Crippen LogP contribution is 2.14. The van der Waals surface area contributed by atoms with Crippen LogP contribution in [0, 0.1) is 6.92 Å². The van der Waals surface area contributed by atoms with E-state index in [0.717, 1.165) is 30.0 Å². The van der Waals surface area contributed by atoms with Crippen LogP contribution in [0.3, 0.4) is 0 Å². The lowest BCUT2D eigenvalue weighted by molar-refractivity contribution is -0.116. The van der Waals surface area contributed by atoms with Crippen LogP contribution in [-0.4, -0.2) is 32.7 Å². The van der Waals surface area contributed by atoms with Gasteiger partial charge in [0.15, 0.2) is 0 Å². The highest BCUT2D eigenvalue weighted by molar-refractivity contribution is 5.90. The fourth-order valence-electron chi connectivity index (χ4n) is 2.48. The van der Waals surface area contributed by atoms with Crippen molar-refractivity contribution < 1.29 is 9.53 Å². The number of tetrazole rings is 1. The molecular formula is C19H21N5O2. The summed E-state index contributed by atoms with van der Waals surface area (Å²) in [6.45, 7) is 2.64. The summed E-state index contributed by atoms with van der Waals surface area (Å²) in [4.78, 5) is 12.0. The van der Waals surface area contributed by atoms with Gasteiger partial charge in [0.25, 0.3) is 0 Å². The van der Waals surface area contributed by atoms with E-state index in [4.69, 9.17) is 4.74 Å². The molecular weight excluding hydrogens is 330 g/mol. The lowest BCUT2D eigenvalue weighted by Crippen LogP contribution is -2.11. The maximum Gasteiger partial charge on any atom is 0.224 e. The summed E-state index contributed by atoms with van der Waals surface area (Å²) in [5.41, 5.74) is 2.76. The summed E-state index contributed by atoms with van der Waals surface area (Å²) in [6, 6.07) is 15.3. The Balaban J connectivity index is 1.36. The molecule has 134 valence electrons. The summed E-state index contributed by atoms with van der Waals surface area (Å²) in [5, 5.41) is 13.9. The van der Waals surface area contributed by atoms with Crippen LogP contribution in [0.15, 0.2) is 54.9 Å². The average molecular weight is 351 g/mol. The molecule has 0 saturated heterocycles. The predicted molar refractivity (Wildman–Crippen MR) is 98.3 cm³/mol. The van der Waals surface area contributed by atoms with Crippen molar-refractivity contribution in [3.63, 3.8) is 0 Å². The van der Waals surface area contributed by atoms with Gasteiger partial charge in [0.05, 0.1) is 12.3 Å². The number of benzene rings is 2. The van der Waals surface area contributed by atoms with Gasteiger partial charge in [-0.25, -0.2) is 4.68 Å². The van der Waals surface area contributed by atoms with Crippen LogP contribution in [0.1, 0.15) is 24.8 Å². The van der Waals surface area contributed by atoms with Crippen LogP contribution >= 0.6 is 0 Å². The number of nitrogens with zero attached hydrogens (tertiary/aromatic N) is 4. The van der Waals surface area contributed by atoms with Crippen molar-refractivity contribution >= 4 is 11.6 Å². The van der Waals surface area contributed by atoms with E-state index in [2.05, 4.69) is 20.8 Å². The first-order valence-electron chi connectivity index (χ1n) is 8.53. The van der Waals surface area contributed by atoms with E-state index in [1.165, 1.54) is 11.9 Å². The molecule has 26 heavy (non-hydrogen) atoms. The van der Waals surface area contributed by atoms with E-state index in [-0.39, 0.29) is 5.91 Å². The lowest BCUT2D eigenvalue weighted by atomic mass is 10.2. The molecule has 0 aliphatic rings. The summed E-state index contributed by atoms with van der Waals surface area (Å²) >= 11 is 0. The Hall–Kier alpha value is -3.22. The summed E-state index contributed by atoms with van der Waals surface area (Å²) in [6.07, 6.45) is 3.60. The third-order valence-electron chi connectivity index (χ3n) is 3.82. The van der Waals surface area contributed by atoms with Crippen molar-refractivity contribution in [1.29, 1.82) is 0 Å². The van der Waals surface area contributed by atoms with Crippen molar-refractivity contribution in [2.75, 3.05) is 11.9 Å². The molecule has 0 unspecified atom stereocenters. The van der Waals surface area contributed by atoms with E-state index >= 15 is 0 Å². The second-order valence-corrected chi connectivity index (χ2v) is 5.97. The molecule has 1 N–H and O–H groups in total. The molecule has 0 fully saturated rings. The Morgan fingerprint density at radius 1 is 1.15 bits per heavy atom. The van der Waals surface area contributed by atoms with E-state index in [0.29, 0.717) is 13.0 Å². The number of aromatic nitrogens is 4. The number of hydrogen-bond acceptors (Lipinski definition) is 5. The van der Waals surface area contributed by atoms with Crippen molar-refractivity contribution in [3.8, 4) is 11.4 Å². The molecule has 0 spiro atoms. The number of amides is 1. The molecule has 1 aromatic heterocycles. The Morgan fingerprint density at radius 3 is 2.73 bits per heavy atom. The number of anilines is 1. The molecule has 0 atom stereocenters. The quantitative estimate of drug-likeness (QED) is 0.631. The summed E-state index contributed by atoms with van der Waals surface area (Å²) < 4.78 is 7.24. The zero-order chi connectivity index (χ0) is 18.2. The molecule has 2 aromatic carbocycles. The van der Waals surface area contributed by atoms with Crippen LogP contribution in [0.2, 0.25) is 0 Å². The first-order chi connectivity index (χ1) is 12.7. The van der Waals surface area contributed by atoms with Crippen LogP contribution < -0.4 is 10.1 Å². The first kappa shape index (κ1) is 17.6. The van der Waals surface area contributed by atoms with Gasteiger partial charge in [-0.2, -0.15) is 0 Å². The maximum absolute atomic E-state index is 12.0. The van der Waals surface area contributed by atoms with E-state index in [1.807, 2.05) is 55.5 Å². The monoisotopic (exact) mass is 351 g/mol. The van der Waals surface area contributed by atoms with Gasteiger partial charge in [-0.1, -0.05) is 12.1 Å². The van der Waals surface area contributed by atoms with Gasteiger partial charge >= 0.3 is 0 Å². The molecule has 7 heteroatoms. The van der Waals surface area contributed by atoms with Crippen molar-refractivity contribution in [1.82, 2.24) is 20.2 Å². The molecule has 0 bridgehead atoms. The topological polar surface area (TPSA) is 81.9 Å². The zero-order valence-corrected chi connectivity index (χ0v) is 14.6. The number of ether oxygens (including phenoxy) is 1. The molecule has 7 nitrogen and oxygen atoms in total. The van der Waals surface area contributed by atoms with Gasteiger partial charge < -0.3 is 10.1 Å². The van der Waals surface area contributed by atoms with E-state index in [9.17, 15) is 4.79 Å². The standard InChI is InChI=1S/C19H21N5O2/c1-15-5-4-6-18(13-15)26-12-3-2-7-19(25)21-16-8-10-17(11-9-16)24-14-20-22-23-24/h4-6,8-11,13-14H,2-3,7,12H2,1H3,(H,21,25). The SMILES string of the molecule is Cc1cccc(OCCCCC(=O)Nc2ccc(-n3cnnn3)cc2)c1. The highest BCUT2D eigenvalue weighted by atomic mass is 16.5. The zero-order valence-electron chi connectivity index (χ0n) is 14.6. The Morgan fingerprint density at radius 2 is 2.00 bits per heavy atom. The van der Waals surface area contributed by atoms with Crippen LogP contribution in [0.5, 0.6) is 5.75 Å². The number of carbonyl (C=O) groups is 1. The van der Waals surface area contributed by atoms with Gasteiger partial charge in [-0.3, -0.25) is 4.79 Å². The third kappa shape index (κ3) is 5.14. The van der Waals surface area contributed by atoms with Gasteiger partial charge in [-0.15, -0.1) is 5.10 Å². The number of carbonyl (C=O) groups excluding carboxylic acids is 1. The normalized spacial score (nSPS) is 10.5. The fraction of sp³-hybridized carbons (Fsp3) is 0.263. The van der Waals surface area contributed by atoms with Crippen molar-refractivity contribution in [2.24, 2.45) is 0 Å². The fourth-order valence-corrected chi connectivity index (χ4v) is 2.48. The van der Waals surface area contributed by atoms with E-state index < -0.39 is 0 Å². The molecule has 3 rings (SSSR count). The van der Waals surface area contributed by atoms with Gasteiger partial charge in [-0.05, 0) is 72.2 Å². The van der Waals surface area contributed by atoms with Gasteiger partial charge in [0.2, 0.25) is 5.91 Å². The van der Waals surface area contributed by atoms with Crippen LogP contribution in [0.25, 0.3) is 5.69 Å². The minimum atomic E-state index is -0.00396. The molecule has 0 aliphatic carbocycles. The maximum atomic E-state index is 12.0. The first-order valence-corrected chi connectivity index (χ1v) is 8.53. The highest BCUT2D eigenvalue weighted by Gasteiger charge is 2.04. The molecule has 3 aromatic rings. The Labute approximate surface area is 152 Å². The number of nitrogens with one attached hydrogen (secondary N) is 1. The third-order valence-corrected chi connectivity index (χ3v) is 3.82. The second-order valence-electron chi connectivity index (χ2n) is 5.97. The minimum Gasteiger partial charge on any atom is -0.494 e. The second kappa shape index (κ2) is 8.75. The Kier molecular flexibility index (Phi) is 5.92. The largest absolute Gasteiger partial charge is 0.494 e. The van der Waals surface area contributed by atoms with Crippen molar-refractivity contribution in [3.05, 3.63) is 60.4 Å². The minimum absolute atomic E-state index is 0.00396. The number of aryl methyl sites for hydroxylation is 1. The number of rotatable bonds is 8. The molecule has 0 saturated carbocycles. The Bertz CT molecular complexity index is 831. The van der Waals surface area contributed by atoms with Crippen LogP contribution in [-0.2, 0) is 4.79 Å². The van der Waals surface area contributed by atoms with Crippen molar-refractivity contribution in [2.45, 2.75) is 26.2 Å². The molecule has 1 amide bonds. The predicted octanol–water partition coefficient (Wildman–Crippen LogP) is 3.16. The van der Waals surface area contributed by atoms with Gasteiger partial charge in [0.1, 0.15) is 12.1 Å². The smallest absolute Gasteiger partial charge is 0.224 e. The van der Waals surface area contributed by atoms with Crippen LogP contribution in [0.4, 0.5) is 5.69 Å². The number of hydrogen-bond donors (Lipinski definition) is 1. The van der Waals surface area contributed by atoms with Gasteiger partial charge in [0, 0.05) is 12.1 Å². The molecule has 0 radical (unpaired) electrons. The average Bonchev–Trinajstić information content (AvgIpc) is 3.17. The summed E-state index contributed by atoms with van der Waals surface area (Å²) in [7, 11) is 0. The number of unbranched alkanes of at least 4 members (excludes halogenated alkanes) is 1. The lowest BCUT2D eigenvalue weighted by Gasteiger charge is -2.08. The van der Waals surface area contributed by atoms with E-state index in [1.54, 1.807) is 4.68 Å². The molecule has 1 heterocycles. The summed E-state index contributed by atoms with van der Waals surface area (Å²) in [5.74, 6) is 0.868. The molecule has 0 aliphatic heterocycles.